The number of halogens is 1. The predicted molar refractivity (Wildman–Crippen MR) is 78.1 cm³/mol. The summed E-state index contributed by atoms with van der Waals surface area (Å²) in [5, 5.41) is 0.632. The lowest BCUT2D eigenvalue weighted by Crippen LogP contribution is -2.34. The van der Waals surface area contributed by atoms with Gasteiger partial charge in [-0.15, -0.1) is 0 Å². The van der Waals surface area contributed by atoms with E-state index in [1.807, 2.05) is 0 Å². The largest absolute Gasteiger partial charge is 0.486 e. The number of hydrogen-bond donors (Lipinski definition) is 0. The molecule has 2 aliphatic rings. The van der Waals surface area contributed by atoms with E-state index in [2.05, 4.69) is 15.9 Å². The van der Waals surface area contributed by atoms with E-state index < -0.39 is 10.0 Å². The third-order valence-electron chi connectivity index (χ3n) is 3.38. The predicted octanol–water partition coefficient (Wildman–Crippen LogP) is 2.01. The smallest absolute Gasteiger partial charge is 0.243 e. The summed E-state index contributed by atoms with van der Waals surface area (Å²) in [7, 11) is -3.47. The molecule has 1 aliphatic heterocycles. The summed E-state index contributed by atoms with van der Waals surface area (Å²) >= 11 is 3.32. The molecule has 1 heterocycles. The maximum Gasteiger partial charge on any atom is 0.243 e. The van der Waals surface area contributed by atoms with Crippen LogP contribution in [0.1, 0.15) is 12.8 Å². The molecule has 0 amide bonds. The zero-order valence-corrected chi connectivity index (χ0v) is 13.3. The first kappa shape index (κ1) is 14.2. The second-order valence-electron chi connectivity index (χ2n) is 4.84. The zero-order chi connectivity index (χ0) is 14.2. The van der Waals surface area contributed by atoms with Crippen molar-refractivity contribution in [2.75, 3.05) is 25.1 Å². The highest BCUT2D eigenvalue weighted by Crippen LogP contribution is 2.36. The van der Waals surface area contributed by atoms with Gasteiger partial charge in [0.1, 0.15) is 13.2 Å². The Balaban J connectivity index is 1.93. The Morgan fingerprint density at radius 3 is 2.55 bits per heavy atom. The van der Waals surface area contributed by atoms with Crippen LogP contribution < -0.4 is 9.47 Å². The van der Waals surface area contributed by atoms with Crippen molar-refractivity contribution in [3.63, 3.8) is 0 Å². The summed E-state index contributed by atoms with van der Waals surface area (Å²) in [6, 6.07) is 4.96. The van der Waals surface area contributed by atoms with Crippen LogP contribution in [0, 0.1) is 0 Å². The Kier molecular flexibility index (Phi) is 3.92. The molecule has 1 aromatic carbocycles. The quantitative estimate of drug-likeness (QED) is 0.752. The van der Waals surface area contributed by atoms with Crippen molar-refractivity contribution in [2.45, 2.75) is 23.8 Å². The molecule has 1 aliphatic carbocycles. The van der Waals surface area contributed by atoms with Crippen molar-refractivity contribution in [1.82, 2.24) is 4.31 Å². The van der Waals surface area contributed by atoms with Gasteiger partial charge in [-0.2, -0.15) is 4.31 Å². The summed E-state index contributed by atoms with van der Waals surface area (Å²) in [5.74, 6) is 1.11. The lowest BCUT2D eigenvalue weighted by atomic mass is 10.3. The zero-order valence-electron chi connectivity index (χ0n) is 10.9. The van der Waals surface area contributed by atoms with Gasteiger partial charge in [0.2, 0.25) is 10.0 Å². The van der Waals surface area contributed by atoms with E-state index in [-0.39, 0.29) is 10.9 Å². The van der Waals surface area contributed by atoms with E-state index in [9.17, 15) is 8.42 Å². The first-order chi connectivity index (χ1) is 9.63. The number of ether oxygens (including phenoxy) is 2. The van der Waals surface area contributed by atoms with Crippen molar-refractivity contribution in [3.05, 3.63) is 18.2 Å². The maximum atomic E-state index is 12.7. The van der Waals surface area contributed by atoms with Crippen molar-refractivity contribution >= 4 is 26.0 Å². The van der Waals surface area contributed by atoms with Crippen LogP contribution in [0.4, 0.5) is 0 Å². The van der Waals surface area contributed by atoms with Crippen LogP contribution in [0.25, 0.3) is 0 Å². The molecular weight excluding hydrogens is 346 g/mol. The molecule has 0 atom stereocenters. The number of alkyl halides is 1. The molecular formula is C13H16BrNO4S. The van der Waals surface area contributed by atoms with Crippen molar-refractivity contribution in [2.24, 2.45) is 0 Å². The lowest BCUT2D eigenvalue weighted by Gasteiger charge is -2.23. The highest BCUT2D eigenvalue weighted by molar-refractivity contribution is 9.09. The van der Waals surface area contributed by atoms with Crippen LogP contribution >= 0.6 is 15.9 Å². The highest BCUT2D eigenvalue weighted by Gasteiger charge is 2.37. The third kappa shape index (κ3) is 2.66. The Labute approximate surface area is 127 Å². The summed E-state index contributed by atoms with van der Waals surface area (Å²) in [5.41, 5.74) is 0. The first-order valence-electron chi connectivity index (χ1n) is 6.60. The van der Waals surface area contributed by atoms with Gasteiger partial charge in [-0.3, -0.25) is 0 Å². The van der Waals surface area contributed by atoms with E-state index in [0.717, 1.165) is 12.8 Å². The van der Waals surface area contributed by atoms with E-state index in [1.54, 1.807) is 22.5 Å². The SMILES string of the molecule is O=S(=O)(c1ccc2c(c1)OCCO2)N(CCBr)C1CC1. The topological polar surface area (TPSA) is 55.8 Å². The van der Waals surface area contributed by atoms with E-state index in [1.165, 1.54) is 0 Å². The second kappa shape index (κ2) is 5.54. The summed E-state index contributed by atoms with van der Waals surface area (Å²) in [4.78, 5) is 0.273. The molecule has 0 unspecified atom stereocenters. The number of nitrogens with zero attached hydrogens (tertiary/aromatic N) is 1. The third-order valence-corrected chi connectivity index (χ3v) is 5.68. The highest BCUT2D eigenvalue weighted by atomic mass is 79.9. The van der Waals surface area contributed by atoms with E-state index in [4.69, 9.17) is 9.47 Å². The van der Waals surface area contributed by atoms with Gasteiger partial charge >= 0.3 is 0 Å². The standard InChI is InChI=1S/C13H16BrNO4S/c14-5-6-15(10-1-2-10)20(16,17)11-3-4-12-13(9-11)19-8-7-18-12/h3-4,9-10H,1-2,5-8H2. The molecule has 1 saturated carbocycles. The van der Waals surface area contributed by atoms with Gasteiger partial charge in [0, 0.05) is 24.0 Å². The fourth-order valence-corrected chi connectivity index (χ4v) is 4.58. The molecule has 0 bridgehead atoms. The molecule has 1 fully saturated rings. The minimum absolute atomic E-state index is 0.144. The molecule has 7 heteroatoms. The Bertz CT molecular complexity index is 600. The van der Waals surface area contributed by atoms with Crippen LogP contribution in [0.2, 0.25) is 0 Å². The summed E-state index contributed by atoms with van der Waals surface area (Å²) in [6.45, 7) is 1.43. The van der Waals surface area contributed by atoms with E-state index in [0.29, 0.717) is 36.6 Å². The van der Waals surface area contributed by atoms with Gasteiger partial charge in [-0.05, 0) is 25.0 Å². The van der Waals surface area contributed by atoms with Crippen LogP contribution in [0.3, 0.4) is 0 Å². The lowest BCUT2D eigenvalue weighted by molar-refractivity contribution is 0.171. The molecule has 110 valence electrons. The van der Waals surface area contributed by atoms with Crippen molar-refractivity contribution < 1.29 is 17.9 Å². The van der Waals surface area contributed by atoms with Gasteiger partial charge in [0.05, 0.1) is 4.90 Å². The Morgan fingerprint density at radius 1 is 1.20 bits per heavy atom. The molecule has 0 aromatic heterocycles. The molecule has 0 saturated heterocycles. The second-order valence-corrected chi connectivity index (χ2v) is 7.52. The molecule has 20 heavy (non-hydrogen) atoms. The Morgan fingerprint density at radius 2 is 1.90 bits per heavy atom. The maximum absolute atomic E-state index is 12.7. The number of fused-ring (bicyclic) bond motifs is 1. The number of sulfonamides is 1. The summed E-state index contributed by atoms with van der Waals surface area (Å²) in [6.07, 6.45) is 1.88. The van der Waals surface area contributed by atoms with Gasteiger partial charge in [0.15, 0.2) is 11.5 Å². The summed E-state index contributed by atoms with van der Waals surface area (Å²) < 4.78 is 37.8. The van der Waals surface area contributed by atoms with Gasteiger partial charge < -0.3 is 9.47 Å². The van der Waals surface area contributed by atoms with E-state index >= 15 is 0 Å². The monoisotopic (exact) mass is 361 g/mol. The number of rotatable bonds is 5. The normalized spacial score (nSPS) is 18.3. The van der Waals surface area contributed by atoms with Crippen LogP contribution in [0.5, 0.6) is 11.5 Å². The van der Waals surface area contributed by atoms with Gasteiger partial charge in [-0.1, -0.05) is 15.9 Å². The molecule has 3 rings (SSSR count). The fraction of sp³-hybridized carbons (Fsp3) is 0.538. The average Bonchev–Trinajstić information content (AvgIpc) is 3.28. The molecule has 5 nitrogen and oxygen atoms in total. The fourth-order valence-electron chi connectivity index (χ4n) is 2.26. The minimum Gasteiger partial charge on any atom is -0.486 e. The minimum atomic E-state index is -3.47. The Hall–Kier alpha value is -0.790. The van der Waals surface area contributed by atoms with Gasteiger partial charge in [0.25, 0.3) is 0 Å². The van der Waals surface area contributed by atoms with Crippen LogP contribution in [-0.2, 0) is 10.0 Å². The molecule has 0 radical (unpaired) electrons. The van der Waals surface area contributed by atoms with Crippen LogP contribution in [-0.4, -0.2) is 43.9 Å². The van der Waals surface area contributed by atoms with Crippen molar-refractivity contribution in [3.8, 4) is 11.5 Å². The van der Waals surface area contributed by atoms with Gasteiger partial charge in [-0.25, -0.2) is 8.42 Å². The molecule has 1 aromatic rings. The number of benzene rings is 1. The average molecular weight is 362 g/mol. The molecule has 0 spiro atoms. The molecule has 0 N–H and O–H groups in total. The van der Waals surface area contributed by atoms with Crippen LogP contribution in [0.15, 0.2) is 23.1 Å². The first-order valence-corrected chi connectivity index (χ1v) is 9.16. The van der Waals surface area contributed by atoms with Crippen molar-refractivity contribution in [1.29, 1.82) is 0 Å². The number of hydrogen-bond acceptors (Lipinski definition) is 4.